The van der Waals surface area contributed by atoms with Crippen molar-refractivity contribution in [2.24, 2.45) is 26.9 Å². The van der Waals surface area contributed by atoms with Crippen LogP contribution in [0.15, 0.2) is 73.5 Å². The number of aliphatic imine (C=N–C) groups is 2. The molecule has 4 N–H and O–H groups in total. The maximum atomic E-state index is 17.0. The molecule has 0 radical (unpaired) electrons. The number of hydrazone groups is 1. The Morgan fingerprint density at radius 2 is 2.10 bits per heavy atom. The minimum Gasteiger partial charge on any atom is -0.424 e. The summed E-state index contributed by atoms with van der Waals surface area (Å²) in [7, 11) is 0. The Labute approximate surface area is 254 Å². The summed E-state index contributed by atoms with van der Waals surface area (Å²) in [6, 6.07) is 0. The maximum absolute atomic E-state index is 17.0. The first-order valence-corrected chi connectivity index (χ1v) is 15.0. The SMILES string of the molecule is C=C(Cl)/C=C\C=C(/CF)C(C)(F)[C@@H]1N[C@@H]2N=C(C3=NN[C@@H](O)O3)NC(C3=C[C@H](Cl)CN=C3)=C2N1CC1CCC(C)CC1. The van der Waals surface area contributed by atoms with E-state index in [0.29, 0.717) is 41.9 Å². The highest BCUT2D eigenvalue weighted by Gasteiger charge is 2.51. The molecule has 4 aliphatic heterocycles. The zero-order valence-corrected chi connectivity index (χ0v) is 25.2. The van der Waals surface area contributed by atoms with Crippen LogP contribution >= 0.6 is 23.2 Å². The zero-order valence-electron chi connectivity index (χ0n) is 23.7. The van der Waals surface area contributed by atoms with E-state index in [2.05, 4.69) is 39.7 Å². The van der Waals surface area contributed by atoms with E-state index in [1.807, 2.05) is 11.0 Å². The molecule has 0 amide bonds. The highest BCUT2D eigenvalue weighted by molar-refractivity contribution is 6.39. The van der Waals surface area contributed by atoms with Crippen molar-refractivity contribution in [3.63, 3.8) is 0 Å². The molecule has 0 spiro atoms. The molecule has 2 fully saturated rings. The van der Waals surface area contributed by atoms with Crippen LogP contribution in [0.25, 0.3) is 0 Å². The van der Waals surface area contributed by atoms with Gasteiger partial charge in [0.2, 0.25) is 0 Å². The Balaban J connectivity index is 1.59. The molecule has 0 bridgehead atoms. The number of nitrogens with one attached hydrogen (secondary N) is 3. The third-order valence-corrected chi connectivity index (χ3v) is 8.66. The van der Waals surface area contributed by atoms with Crippen molar-refractivity contribution in [2.75, 3.05) is 19.8 Å². The van der Waals surface area contributed by atoms with Gasteiger partial charge in [0.15, 0.2) is 11.5 Å². The summed E-state index contributed by atoms with van der Waals surface area (Å²) in [4.78, 5) is 11.2. The van der Waals surface area contributed by atoms with E-state index in [4.69, 9.17) is 32.9 Å². The predicted octanol–water partition coefficient (Wildman–Crippen LogP) is 4.34. The fraction of sp³-hybridized carbons (Fsp3) is 0.552. The Hall–Kier alpha value is -2.73. The molecule has 4 heterocycles. The first-order chi connectivity index (χ1) is 20.1. The summed E-state index contributed by atoms with van der Waals surface area (Å²) in [5.74, 6) is 1.25. The van der Waals surface area contributed by atoms with E-state index >= 15 is 4.39 Å². The number of nitrogens with zero attached hydrogens (tertiary/aromatic N) is 4. The van der Waals surface area contributed by atoms with Crippen molar-refractivity contribution in [1.82, 2.24) is 21.0 Å². The number of halogens is 4. The number of rotatable bonds is 9. The second kappa shape index (κ2) is 12.9. The smallest absolute Gasteiger partial charge is 0.295 e. The standard InChI is InChI=1S/C29H37Cl2F2N7O2/c1-16-7-9-18(10-8-16)15-40-23-22(19-11-21(31)14-34-13-19)35-25(26-38-39-28(41)42-26)36-24(23)37-27(40)29(3,33)20(12-32)6-4-5-17(2)30/h4-6,11,13,16,18,21,24,27-28,37,39,41H,2,7-10,12,14-15H2,1,3H3,(H,35,36)/b5-4-,20-6+/t16?,18?,21-,24-,27+,28-,29?/m0/s1. The summed E-state index contributed by atoms with van der Waals surface area (Å²) in [5.41, 5.74) is 2.26. The summed E-state index contributed by atoms with van der Waals surface area (Å²) in [5, 5.41) is 20.4. The number of aliphatic hydroxyl groups excluding tert-OH is 1. The van der Waals surface area contributed by atoms with Crippen LogP contribution in [0.2, 0.25) is 0 Å². The molecule has 5 atom stereocenters. The molecule has 9 nitrogen and oxygen atoms in total. The molecule has 42 heavy (non-hydrogen) atoms. The highest BCUT2D eigenvalue weighted by Crippen LogP contribution is 2.41. The molecule has 228 valence electrons. The number of dihydropyridines is 1. The van der Waals surface area contributed by atoms with Gasteiger partial charge in [0.25, 0.3) is 12.3 Å². The molecule has 1 aliphatic carbocycles. The average Bonchev–Trinajstić information content (AvgIpc) is 3.55. The first-order valence-electron chi connectivity index (χ1n) is 14.2. The first kappa shape index (κ1) is 30.7. The third kappa shape index (κ3) is 6.59. The molecule has 0 aromatic carbocycles. The largest absolute Gasteiger partial charge is 0.424 e. The molecule has 13 heteroatoms. The second-order valence-electron chi connectivity index (χ2n) is 11.5. The number of hydrogen-bond donors (Lipinski definition) is 4. The zero-order chi connectivity index (χ0) is 30.0. The maximum Gasteiger partial charge on any atom is 0.295 e. The van der Waals surface area contributed by atoms with E-state index in [-0.39, 0.29) is 27.7 Å². The molecule has 1 saturated heterocycles. The van der Waals surface area contributed by atoms with Gasteiger partial charge in [-0.15, -0.1) is 16.7 Å². The van der Waals surface area contributed by atoms with E-state index in [0.717, 1.165) is 25.7 Å². The summed E-state index contributed by atoms with van der Waals surface area (Å²) < 4.78 is 36.8. The number of ether oxygens (including phenoxy) is 1. The van der Waals surface area contributed by atoms with Gasteiger partial charge in [-0.1, -0.05) is 56.2 Å². The lowest BCUT2D eigenvalue weighted by atomic mass is 9.82. The molecule has 1 unspecified atom stereocenters. The van der Waals surface area contributed by atoms with E-state index in [9.17, 15) is 9.50 Å². The van der Waals surface area contributed by atoms with Gasteiger partial charge in [0, 0.05) is 28.9 Å². The summed E-state index contributed by atoms with van der Waals surface area (Å²) in [6.07, 6.45) is 9.19. The molecular formula is C29H37Cl2F2N7O2. The van der Waals surface area contributed by atoms with E-state index in [1.54, 1.807) is 6.21 Å². The Bertz CT molecular complexity index is 1280. The van der Waals surface area contributed by atoms with Crippen molar-refractivity contribution in [3.05, 3.63) is 58.5 Å². The van der Waals surface area contributed by atoms with Gasteiger partial charge in [-0.3, -0.25) is 10.3 Å². The van der Waals surface area contributed by atoms with Crippen LogP contribution in [0.5, 0.6) is 0 Å². The van der Waals surface area contributed by atoms with Gasteiger partial charge in [0.05, 0.1) is 23.3 Å². The normalized spacial score (nSPS) is 32.9. The van der Waals surface area contributed by atoms with Gasteiger partial charge in [-0.05, 0) is 37.7 Å². The molecule has 5 rings (SSSR count). The lowest BCUT2D eigenvalue weighted by molar-refractivity contribution is -0.0321. The fourth-order valence-electron chi connectivity index (χ4n) is 5.96. The number of fused-ring (bicyclic) bond motifs is 1. The highest BCUT2D eigenvalue weighted by atomic mass is 35.5. The van der Waals surface area contributed by atoms with Gasteiger partial charge >= 0.3 is 0 Å². The van der Waals surface area contributed by atoms with Crippen molar-refractivity contribution >= 4 is 41.1 Å². The summed E-state index contributed by atoms with van der Waals surface area (Å²) in [6.45, 7) is 7.22. The average molecular weight is 625 g/mol. The van der Waals surface area contributed by atoms with Gasteiger partial charge in [-0.25, -0.2) is 19.2 Å². The number of allylic oxidation sites excluding steroid dienone is 5. The van der Waals surface area contributed by atoms with Crippen molar-refractivity contribution < 1.29 is 18.6 Å². The number of hydrogen-bond acceptors (Lipinski definition) is 9. The number of alkyl halides is 3. The third-order valence-electron chi connectivity index (χ3n) is 8.27. The van der Waals surface area contributed by atoms with Crippen molar-refractivity contribution in [1.29, 1.82) is 0 Å². The van der Waals surface area contributed by atoms with Crippen molar-refractivity contribution in [3.8, 4) is 0 Å². The minimum absolute atomic E-state index is 0.0479. The van der Waals surface area contributed by atoms with Crippen LogP contribution < -0.4 is 16.1 Å². The van der Waals surface area contributed by atoms with Gasteiger partial charge < -0.3 is 20.1 Å². The van der Waals surface area contributed by atoms with E-state index in [1.165, 1.54) is 25.2 Å². The number of amidine groups is 1. The Morgan fingerprint density at radius 3 is 2.74 bits per heavy atom. The van der Waals surface area contributed by atoms with Crippen LogP contribution in [0.4, 0.5) is 8.78 Å². The second-order valence-corrected chi connectivity index (χ2v) is 12.5. The number of aliphatic hydroxyl groups is 1. The molecule has 5 aliphatic rings. The van der Waals surface area contributed by atoms with E-state index < -0.39 is 31.1 Å². The van der Waals surface area contributed by atoms with Gasteiger partial charge in [-0.2, -0.15) is 0 Å². The van der Waals surface area contributed by atoms with Gasteiger partial charge in [0.1, 0.15) is 19.0 Å². The Kier molecular flexibility index (Phi) is 9.41. The lowest BCUT2D eigenvalue weighted by Crippen LogP contribution is -2.53. The summed E-state index contributed by atoms with van der Waals surface area (Å²) >= 11 is 12.3. The molecule has 0 aromatic rings. The fourth-order valence-corrected chi connectivity index (χ4v) is 6.25. The predicted molar refractivity (Wildman–Crippen MR) is 163 cm³/mol. The molecule has 1 saturated carbocycles. The topological polar surface area (TPSA) is 106 Å². The monoisotopic (exact) mass is 623 g/mol. The minimum atomic E-state index is -2.15. The van der Waals surface area contributed by atoms with Crippen molar-refractivity contribution in [2.45, 2.75) is 69.3 Å². The van der Waals surface area contributed by atoms with Crippen LogP contribution in [-0.4, -0.2) is 77.5 Å². The molecular weight excluding hydrogens is 587 g/mol. The van der Waals surface area contributed by atoms with Crippen LogP contribution in [0.1, 0.15) is 39.5 Å². The Morgan fingerprint density at radius 1 is 1.33 bits per heavy atom. The molecule has 0 aromatic heterocycles. The van der Waals surface area contributed by atoms with Crippen LogP contribution in [-0.2, 0) is 4.74 Å². The lowest BCUT2D eigenvalue weighted by Gasteiger charge is -2.40. The van der Waals surface area contributed by atoms with Crippen LogP contribution in [0.3, 0.4) is 0 Å². The van der Waals surface area contributed by atoms with Crippen LogP contribution in [0, 0.1) is 11.8 Å². The quantitative estimate of drug-likeness (QED) is 0.225.